The fraction of sp³-hybridized carbons (Fsp3) is 0.600. The normalized spacial score (nSPS) is 16.3. The maximum absolute atomic E-state index is 10.5. The fourth-order valence-corrected chi connectivity index (χ4v) is 1.82. The third-order valence-electron chi connectivity index (χ3n) is 2.93. The minimum atomic E-state index is -0.824. The molecule has 1 aromatic rings. The van der Waals surface area contributed by atoms with Crippen LogP contribution >= 0.6 is 0 Å². The zero-order chi connectivity index (χ0) is 10.8. The fourth-order valence-electron chi connectivity index (χ4n) is 1.82. The lowest BCUT2D eigenvalue weighted by atomic mass is 9.81. The van der Waals surface area contributed by atoms with E-state index in [9.17, 15) is 4.79 Å². The number of hydrogen-bond acceptors (Lipinski definition) is 4. The van der Waals surface area contributed by atoms with Gasteiger partial charge in [-0.15, -0.1) is 0 Å². The lowest BCUT2D eigenvalue weighted by Gasteiger charge is -2.23. The van der Waals surface area contributed by atoms with E-state index in [4.69, 9.17) is 15.4 Å². The van der Waals surface area contributed by atoms with Gasteiger partial charge in [0, 0.05) is 17.9 Å². The molecule has 0 aliphatic heterocycles. The zero-order valence-electron chi connectivity index (χ0n) is 8.40. The van der Waals surface area contributed by atoms with Gasteiger partial charge in [-0.1, -0.05) is 11.6 Å². The lowest BCUT2D eigenvalue weighted by Crippen LogP contribution is -2.12. The quantitative estimate of drug-likeness (QED) is 0.786. The van der Waals surface area contributed by atoms with E-state index in [1.165, 1.54) is 6.42 Å². The third-order valence-corrected chi connectivity index (χ3v) is 2.93. The Labute approximate surface area is 87.2 Å². The molecule has 0 bridgehead atoms. The van der Waals surface area contributed by atoms with Gasteiger partial charge in [0.25, 0.3) is 0 Å². The van der Waals surface area contributed by atoms with Crippen LogP contribution in [0.25, 0.3) is 0 Å². The molecule has 0 amide bonds. The molecular formula is C10H14N2O3. The van der Waals surface area contributed by atoms with Gasteiger partial charge in [0.1, 0.15) is 0 Å². The molecule has 1 aliphatic rings. The van der Waals surface area contributed by atoms with E-state index in [2.05, 4.69) is 5.16 Å². The van der Waals surface area contributed by atoms with E-state index in [0.29, 0.717) is 12.3 Å². The van der Waals surface area contributed by atoms with Crippen molar-refractivity contribution in [2.75, 3.05) is 5.73 Å². The highest BCUT2D eigenvalue weighted by Crippen LogP contribution is 2.39. The zero-order valence-corrected chi connectivity index (χ0v) is 8.40. The molecule has 2 rings (SSSR count). The highest BCUT2D eigenvalue weighted by atomic mass is 16.5. The number of nitrogen functional groups attached to an aromatic ring is 1. The van der Waals surface area contributed by atoms with Crippen molar-refractivity contribution in [2.45, 2.75) is 38.0 Å². The van der Waals surface area contributed by atoms with Crippen LogP contribution in [0.3, 0.4) is 0 Å². The number of anilines is 1. The van der Waals surface area contributed by atoms with Crippen LogP contribution < -0.4 is 5.73 Å². The molecule has 0 spiro atoms. The first-order valence-electron chi connectivity index (χ1n) is 5.14. The van der Waals surface area contributed by atoms with Gasteiger partial charge in [-0.05, 0) is 19.3 Å². The summed E-state index contributed by atoms with van der Waals surface area (Å²) in [5.74, 6) is -0.122. The number of nitrogens with two attached hydrogens (primary N) is 1. The third kappa shape index (κ3) is 1.95. The smallest absolute Gasteiger partial charge is 0.303 e. The lowest BCUT2D eigenvalue weighted by molar-refractivity contribution is -0.136. The average molecular weight is 210 g/mol. The second-order valence-electron chi connectivity index (χ2n) is 3.93. The van der Waals surface area contributed by atoms with E-state index in [-0.39, 0.29) is 12.3 Å². The van der Waals surface area contributed by atoms with Gasteiger partial charge in [-0.2, -0.15) is 0 Å². The van der Waals surface area contributed by atoms with Crippen molar-refractivity contribution >= 4 is 11.9 Å². The number of rotatable bonds is 4. The Bertz CT molecular complexity index is 369. The number of hydrogen-bond donors (Lipinski definition) is 2. The first kappa shape index (κ1) is 10.0. The SMILES string of the molecule is Nc1onc(C2CCC2)c1CCC(=O)O. The molecule has 0 saturated heterocycles. The molecule has 1 fully saturated rings. The van der Waals surface area contributed by atoms with E-state index in [1.807, 2.05) is 0 Å². The maximum Gasteiger partial charge on any atom is 0.303 e. The molecule has 82 valence electrons. The van der Waals surface area contributed by atoms with Crippen molar-refractivity contribution in [1.82, 2.24) is 5.16 Å². The van der Waals surface area contributed by atoms with Crippen LogP contribution in [0.15, 0.2) is 4.52 Å². The van der Waals surface area contributed by atoms with Crippen LogP contribution in [0.2, 0.25) is 0 Å². The molecule has 1 saturated carbocycles. The van der Waals surface area contributed by atoms with Crippen LogP contribution in [0.5, 0.6) is 0 Å². The summed E-state index contributed by atoms with van der Waals surface area (Å²) >= 11 is 0. The highest BCUT2D eigenvalue weighted by molar-refractivity contribution is 5.67. The van der Waals surface area contributed by atoms with Crippen molar-refractivity contribution in [2.24, 2.45) is 0 Å². The van der Waals surface area contributed by atoms with Crippen molar-refractivity contribution in [3.63, 3.8) is 0 Å². The summed E-state index contributed by atoms with van der Waals surface area (Å²) in [6, 6.07) is 0. The predicted molar refractivity (Wildman–Crippen MR) is 53.5 cm³/mol. The molecule has 3 N–H and O–H groups in total. The number of carbonyl (C=O) groups is 1. The van der Waals surface area contributed by atoms with Crippen LogP contribution in [-0.4, -0.2) is 16.2 Å². The first-order valence-corrected chi connectivity index (χ1v) is 5.14. The summed E-state index contributed by atoms with van der Waals surface area (Å²) in [5.41, 5.74) is 7.29. The number of carboxylic acid groups (broad SMARTS) is 1. The van der Waals surface area contributed by atoms with E-state index >= 15 is 0 Å². The number of aliphatic carboxylic acids is 1. The number of nitrogens with zero attached hydrogens (tertiary/aromatic N) is 1. The van der Waals surface area contributed by atoms with Crippen molar-refractivity contribution in [3.8, 4) is 0 Å². The molecule has 0 atom stereocenters. The minimum Gasteiger partial charge on any atom is -0.481 e. The molecule has 1 aromatic heterocycles. The van der Waals surface area contributed by atoms with Crippen LogP contribution in [0, 0.1) is 0 Å². The maximum atomic E-state index is 10.5. The monoisotopic (exact) mass is 210 g/mol. The second kappa shape index (κ2) is 3.92. The molecule has 0 radical (unpaired) electrons. The van der Waals surface area contributed by atoms with Crippen LogP contribution in [0.1, 0.15) is 42.9 Å². The van der Waals surface area contributed by atoms with Gasteiger partial charge in [0.15, 0.2) is 0 Å². The summed E-state index contributed by atoms with van der Waals surface area (Å²) in [4.78, 5) is 10.5. The Morgan fingerprint density at radius 3 is 2.87 bits per heavy atom. The highest BCUT2D eigenvalue weighted by Gasteiger charge is 2.27. The van der Waals surface area contributed by atoms with Gasteiger partial charge >= 0.3 is 5.97 Å². The number of aromatic nitrogens is 1. The predicted octanol–water partition coefficient (Wildman–Crippen LogP) is 1.54. The minimum absolute atomic E-state index is 0.0745. The Morgan fingerprint density at radius 1 is 1.60 bits per heavy atom. The molecule has 0 aromatic carbocycles. The second-order valence-corrected chi connectivity index (χ2v) is 3.93. The average Bonchev–Trinajstić information content (AvgIpc) is 2.42. The molecule has 1 aliphatic carbocycles. The Morgan fingerprint density at radius 2 is 2.33 bits per heavy atom. The Hall–Kier alpha value is -1.52. The standard InChI is InChI=1S/C10H14N2O3/c11-10-7(4-5-8(13)14)9(12-15-10)6-2-1-3-6/h6H,1-5,11H2,(H,13,14). The summed E-state index contributed by atoms with van der Waals surface area (Å²) in [5, 5.41) is 12.5. The summed E-state index contributed by atoms with van der Waals surface area (Å²) in [6.07, 6.45) is 3.90. The molecule has 15 heavy (non-hydrogen) atoms. The molecule has 1 heterocycles. The van der Waals surface area contributed by atoms with Gasteiger partial charge in [-0.3, -0.25) is 4.79 Å². The molecule has 5 heteroatoms. The van der Waals surface area contributed by atoms with E-state index in [0.717, 1.165) is 24.1 Å². The van der Waals surface area contributed by atoms with Gasteiger partial charge < -0.3 is 15.4 Å². The summed E-state index contributed by atoms with van der Waals surface area (Å²) in [7, 11) is 0. The van der Waals surface area contributed by atoms with E-state index < -0.39 is 5.97 Å². The molecule has 0 unspecified atom stereocenters. The topological polar surface area (TPSA) is 89.4 Å². The van der Waals surface area contributed by atoms with Crippen molar-refractivity contribution < 1.29 is 14.4 Å². The Kier molecular flexibility index (Phi) is 2.62. The summed E-state index contributed by atoms with van der Waals surface area (Å²) < 4.78 is 4.92. The number of carboxylic acids is 1. The van der Waals surface area contributed by atoms with Crippen LogP contribution in [-0.2, 0) is 11.2 Å². The Balaban J connectivity index is 2.12. The molecular weight excluding hydrogens is 196 g/mol. The largest absolute Gasteiger partial charge is 0.481 e. The summed E-state index contributed by atoms with van der Waals surface area (Å²) in [6.45, 7) is 0. The van der Waals surface area contributed by atoms with Crippen molar-refractivity contribution in [1.29, 1.82) is 0 Å². The van der Waals surface area contributed by atoms with Gasteiger partial charge in [-0.25, -0.2) is 0 Å². The first-order chi connectivity index (χ1) is 7.18. The van der Waals surface area contributed by atoms with Crippen LogP contribution in [0.4, 0.5) is 5.88 Å². The van der Waals surface area contributed by atoms with Crippen molar-refractivity contribution in [3.05, 3.63) is 11.3 Å². The van der Waals surface area contributed by atoms with Gasteiger partial charge in [0.2, 0.25) is 5.88 Å². The van der Waals surface area contributed by atoms with Gasteiger partial charge in [0.05, 0.1) is 5.69 Å². The van der Waals surface area contributed by atoms with E-state index in [1.54, 1.807) is 0 Å². The molecule has 5 nitrogen and oxygen atoms in total.